The first-order valence-electron chi connectivity index (χ1n) is 30.0. The molecule has 8 aliphatic rings. The Labute approximate surface area is 645 Å². The van der Waals surface area contributed by atoms with E-state index < -0.39 is 130 Å². The van der Waals surface area contributed by atoms with Gasteiger partial charge in [0.2, 0.25) is 47.3 Å². The van der Waals surface area contributed by atoms with Crippen LogP contribution >= 0.6 is 37.2 Å². The zero-order valence-corrected chi connectivity index (χ0v) is 61.2. The number of esters is 2. The number of halogens is 5. The molecule has 4 saturated heterocycles. The first-order valence-corrected chi connectivity index (χ1v) is 30.0. The van der Waals surface area contributed by atoms with Gasteiger partial charge in [0.25, 0.3) is 35.4 Å². The Morgan fingerprint density at radius 1 is 0.515 bits per heavy atom. The number of hydrogen-bond acceptors (Lipinski definition) is 26. The Morgan fingerprint density at radius 2 is 0.854 bits per heavy atom. The molecule has 4 aromatic carbocycles. The van der Waals surface area contributed by atoms with E-state index >= 15 is 0 Å². The molecular formula is C63H69Cl3F2KN13O21. The first-order chi connectivity index (χ1) is 46.7. The number of carbonyl (C=O) groups is 18. The van der Waals surface area contributed by atoms with Crippen LogP contribution in [0.15, 0.2) is 72.8 Å². The maximum atomic E-state index is 13.7. The molecule has 4 aromatic rings. The molecule has 0 aromatic heterocycles. The number of piperidine rings is 4. The summed E-state index contributed by atoms with van der Waals surface area (Å²) in [7, 11) is 0. The summed E-state index contributed by atoms with van der Waals surface area (Å²) in [6, 6.07) is 13.9. The number of benzene rings is 4. The zero-order valence-electron chi connectivity index (χ0n) is 55.6. The molecule has 40 heteroatoms. The maximum Gasteiger partial charge on any atom is 1.00 e. The van der Waals surface area contributed by atoms with Crippen LogP contribution in [0.3, 0.4) is 0 Å². The first kappa shape index (κ1) is 89.7. The van der Waals surface area contributed by atoms with Crippen molar-refractivity contribution in [2.24, 2.45) is 17.2 Å². The minimum absolute atomic E-state index is 0. The summed E-state index contributed by atoms with van der Waals surface area (Å²) in [4.78, 5) is 208. The number of aliphatic carboxylic acids is 1. The van der Waals surface area contributed by atoms with Crippen LogP contribution in [-0.2, 0) is 52.6 Å². The van der Waals surface area contributed by atoms with E-state index in [2.05, 4.69) is 42.0 Å². The van der Waals surface area contributed by atoms with Gasteiger partial charge in [-0.25, -0.2) is 23.2 Å². The van der Waals surface area contributed by atoms with Crippen LogP contribution < -0.4 is 111 Å². The number of anilines is 2. The number of amides is 15. The van der Waals surface area contributed by atoms with Gasteiger partial charge >= 0.3 is 69.4 Å². The molecule has 12 rings (SSSR count). The molecule has 0 saturated carbocycles. The van der Waals surface area contributed by atoms with Gasteiger partial charge in [-0.2, -0.15) is 0 Å². The molecule has 4 atom stereocenters. The number of ether oxygens (including phenoxy) is 2. The molecule has 13 N–H and O–H groups in total. The third-order valence-corrected chi connectivity index (χ3v) is 14.6. The molecule has 4 unspecified atom stereocenters. The number of hydrogen-bond donors (Lipinski definition) is 10. The van der Waals surface area contributed by atoms with Gasteiger partial charge in [0.1, 0.15) is 40.9 Å². The molecule has 0 spiro atoms. The van der Waals surface area contributed by atoms with Gasteiger partial charge in [0.15, 0.2) is 0 Å². The van der Waals surface area contributed by atoms with Gasteiger partial charge in [-0.15, -0.1) is 37.2 Å². The average Bonchev–Trinajstić information content (AvgIpc) is 1.62. The van der Waals surface area contributed by atoms with Gasteiger partial charge in [-0.3, -0.25) is 103 Å². The number of carboxylic acids is 1. The van der Waals surface area contributed by atoms with E-state index in [0.717, 1.165) is 33.8 Å². The molecule has 8 heterocycles. The summed E-state index contributed by atoms with van der Waals surface area (Å²) in [6.45, 7) is 9.06. The number of carbonyl (C=O) groups excluding carboxylic acids is 18. The van der Waals surface area contributed by atoms with Crippen molar-refractivity contribution in [2.75, 3.05) is 30.5 Å². The van der Waals surface area contributed by atoms with E-state index in [1.807, 2.05) is 6.92 Å². The van der Waals surface area contributed by atoms with E-state index in [1.165, 1.54) is 30.3 Å². The quantitative estimate of drug-likeness (QED) is 0.0287. The Hall–Kier alpha value is -9.41. The van der Waals surface area contributed by atoms with Crippen molar-refractivity contribution in [2.45, 2.75) is 116 Å². The third-order valence-electron chi connectivity index (χ3n) is 14.6. The van der Waals surface area contributed by atoms with Crippen LogP contribution in [0, 0.1) is 11.6 Å². The minimum atomic E-state index is -1.08. The van der Waals surface area contributed by atoms with Crippen molar-refractivity contribution in [1.82, 2.24) is 41.3 Å². The van der Waals surface area contributed by atoms with Crippen LogP contribution in [0.1, 0.15) is 169 Å². The summed E-state index contributed by atoms with van der Waals surface area (Å²) in [5, 5.41) is 25.6. The number of nitrogens with zero attached hydrogens (tertiary/aromatic N) is 3. The standard InChI is InChI=1S/C15H15N3O4.C14H14N4O4.C13H9FN2O4.C8H3FO3.C6H14N2O2.C5H8N2O2.C2H4O2.3ClH.K/c1-2-16-9-5-3-4-8-12(9)15(22)18(14(8)21)10-6-7-11(19)17-13(10)20;15-6-16-8-3-1-2-7-11(8)14(22)18(13(7)21)9-4-5-10(19)17-12(9)20;14-7-3-1-2-6-10(7)13(20)16(12(6)19)8-4-5-9(17)15-11(8)18;9-5-3-1-2-4-6(5)8(11)12-7(4)10;1-6(2,3)10-5(9)8-4-7;6-3-1-2-4(8)7-5(3)9;1-2(3)4;;;;/h3-5,10,16H,2,6-7H2,1H3,(H,17,19,20);1-3,9,16H,4-6,15H2,(H,17,19,20);1-3,8H,4-5H2,(H,15,17,18);1-3H;4,7H2,1-3H3,(H,8,9);3H,1-2,6H2,(H,7,8,9);1H3,(H,3,4);3*1H;/q;;;;;;;;;;+1/p-1. The van der Waals surface area contributed by atoms with Gasteiger partial charge < -0.3 is 52.5 Å². The summed E-state index contributed by atoms with van der Waals surface area (Å²) in [5.41, 5.74) is 16.7. The van der Waals surface area contributed by atoms with Crippen molar-refractivity contribution < 1.29 is 161 Å². The molecule has 0 aliphatic carbocycles. The van der Waals surface area contributed by atoms with Crippen LogP contribution in [-0.4, -0.2) is 171 Å². The number of nitrogens with two attached hydrogens (primary N) is 3. The molecule has 0 radical (unpaired) electrons. The Kier molecular flexibility index (Phi) is 34.7. The van der Waals surface area contributed by atoms with Crippen molar-refractivity contribution in [3.05, 3.63) is 129 Å². The number of carboxylic acid groups (broad SMARTS) is 1. The van der Waals surface area contributed by atoms with Crippen LogP contribution in [0.5, 0.6) is 0 Å². The van der Waals surface area contributed by atoms with Crippen LogP contribution in [0.2, 0.25) is 0 Å². The van der Waals surface area contributed by atoms with E-state index in [4.69, 9.17) is 31.8 Å². The molecular weight excluding hydrogens is 1460 g/mol. The van der Waals surface area contributed by atoms with Crippen molar-refractivity contribution in [3.63, 3.8) is 0 Å². The fraction of sp³-hybridized carbons (Fsp3) is 0.333. The molecule has 15 amide bonds. The second kappa shape index (κ2) is 39.9. The number of alkyl carbamates (subject to hydrolysis) is 1. The maximum absolute atomic E-state index is 13.7. The van der Waals surface area contributed by atoms with Crippen molar-refractivity contribution in [3.8, 4) is 0 Å². The van der Waals surface area contributed by atoms with Crippen molar-refractivity contribution in [1.29, 1.82) is 0 Å². The Bertz CT molecular complexity index is 3950. The smallest absolute Gasteiger partial charge is 0.550 e. The molecule has 4 fully saturated rings. The van der Waals surface area contributed by atoms with Gasteiger partial charge in [-0.05, 0) is 109 Å². The van der Waals surface area contributed by atoms with Gasteiger partial charge in [0, 0.05) is 49.6 Å². The van der Waals surface area contributed by atoms with Crippen LogP contribution in [0.25, 0.3) is 0 Å². The van der Waals surface area contributed by atoms with E-state index in [-0.39, 0.29) is 197 Å². The molecule has 8 aliphatic heterocycles. The summed E-state index contributed by atoms with van der Waals surface area (Å²) in [6.07, 6.45) is 0.959. The fourth-order valence-electron chi connectivity index (χ4n) is 10.3. The van der Waals surface area contributed by atoms with Gasteiger partial charge in [0.05, 0.1) is 58.3 Å². The van der Waals surface area contributed by atoms with Crippen LogP contribution in [0.4, 0.5) is 25.0 Å². The number of fused-ring (bicyclic) bond motifs is 4. The SMILES string of the molecule is CC(=O)[O-].CC(C)(C)OC(=O)NCN.CCNc1cccc2c1C(=O)N(C1CCC(=O)NC1=O)C2=O.Cl.Cl.Cl.NC1CCC(=O)NC1=O.NCNc1cccc2c1C(=O)N(C1CCC(=O)NC1=O)C2=O.O=C1CCC(N2C(=O)c3cccc(F)c3C2=O)C(=O)N1.O=C1OC(=O)c2c(F)cccc21.[K+]. The summed E-state index contributed by atoms with van der Waals surface area (Å²) >= 11 is 0. The second-order valence-corrected chi connectivity index (χ2v) is 22.6. The number of cyclic esters (lactones) is 2. The number of rotatable bonds is 8. The van der Waals surface area contributed by atoms with E-state index in [0.29, 0.717) is 36.3 Å². The largest absolute Gasteiger partial charge is 1.00 e. The molecule has 0 bridgehead atoms. The fourth-order valence-corrected chi connectivity index (χ4v) is 10.3. The minimum Gasteiger partial charge on any atom is -0.550 e. The zero-order chi connectivity index (χ0) is 73.5. The van der Waals surface area contributed by atoms with E-state index in [9.17, 15) is 90.3 Å². The van der Waals surface area contributed by atoms with Gasteiger partial charge in [-0.1, -0.05) is 24.3 Å². The molecule has 548 valence electrons. The normalized spacial score (nSPS) is 18.6. The summed E-state index contributed by atoms with van der Waals surface area (Å²) in [5.74, 6) is -11.7. The Morgan fingerprint density at radius 3 is 1.18 bits per heavy atom. The molecule has 34 nitrogen and oxygen atoms in total. The number of nitrogens with one attached hydrogen (secondary N) is 7. The third kappa shape index (κ3) is 22.3. The predicted molar refractivity (Wildman–Crippen MR) is 353 cm³/mol. The monoisotopic (exact) mass is 1530 g/mol. The molecule has 103 heavy (non-hydrogen) atoms. The topological polar surface area (TPSA) is 521 Å². The Balaban J connectivity index is 0.000000424. The second-order valence-electron chi connectivity index (χ2n) is 22.6. The average molecular weight is 1530 g/mol. The van der Waals surface area contributed by atoms with E-state index in [1.54, 1.807) is 51.1 Å². The van der Waals surface area contributed by atoms with Crippen molar-refractivity contribution >= 4 is 155 Å². The number of imide groups is 7. The summed E-state index contributed by atoms with van der Waals surface area (Å²) < 4.78 is 35.6. The predicted octanol–water partition coefficient (Wildman–Crippen LogP) is -2.50.